The average Bonchev–Trinajstić information content (AvgIpc) is 2.88. The van der Waals surface area contributed by atoms with Crippen LogP contribution in [-0.2, 0) is 21.4 Å². The van der Waals surface area contributed by atoms with Crippen LogP contribution in [0.2, 0.25) is 0 Å². The minimum absolute atomic E-state index is 0.0708. The molecule has 1 aromatic heterocycles. The molecule has 1 N–H and O–H groups in total. The highest BCUT2D eigenvalue weighted by Crippen LogP contribution is 2.15. The number of carbonyl (C=O) groups excluding carboxylic acids is 1. The van der Waals surface area contributed by atoms with E-state index in [0.717, 1.165) is 0 Å². The predicted octanol–water partition coefficient (Wildman–Crippen LogP) is 1.81. The maximum Gasteiger partial charge on any atom is 0.338 e. The fourth-order valence-corrected chi connectivity index (χ4v) is 3.26. The van der Waals surface area contributed by atoms with Gasteiger partial charge < -0.3 is 9.15 Å². The molecule has 8 nitrogen and oxygen atoms in total. The third kappa shape index (κ3) is 4.87. The van der Waals surface area contributed by atoms with Crippen molar-refractivity contribution in [3.05, 3.63) is 41.6 Å². The summed E-state index contributed by atoms with van der Waals surface area (Å²) < 4.78 is 37.0. The van der Waals surface area contributed by atoms with E-state index < -0.39 is 21.5 Å². The number of nitrogens with one attached hydrogen (secondary N) is 1. The SMILES string of the molecule is Cc1nnc(COC(=O)c2ccc(S(=O)(=O)NC(C)(C)C)cc2)o1. The van der Waals surface area contributed by atoms with Crippen LogP contribution in [-0.4, -0.2) is 30.1 Å². The van der Waals surface area contributed by atoms with E-state index in [4.69, 9.17) is 9.15 Å². The quantitative estimate of drug-likeness (QED) is 0.816. The van der Waals surface area contributed by atoms with Crippen molar-refractivity contribution >= 4 is 16.0 Å². The second-order valence-corrected chi connectivity index (χ2v) is 7.85. The van der Waals surface area contributed by atoms with Crippen LogP contribution in [0, 0.1) is 6.92 Å². The number of benzene rings is 1. The lowest BCUT2D eigenvalue weighted by Crippen LogP contribution is -2.40. The Bertz CT molecular complexity index is 820. The summed E-state index contributed by atoms with van der Waals surface area (Å²) in [5, 5.41) is 7.33. The molecule has 0 atom stereocenters. The number of aromatic nitrogens is 2. The molecule has 130 valence electrons. The van der Waals surface area contributed by atoms with Gasteiger partial charge in [-0.15, -0.1) is 10.2 Å². The van der Waals surface area contributed by atoms with E-state index in [1.54, 1.807) is 27.7 Å². The molecule has 0 saturated carbocycles. The Morgan fingerprint density at radius 1 is 1.21 bits per heavy atom. The Balaban J connectivity index is 2.04. The highest BCUT2D eigenvalue weighted by Gasteiger charge is 2.22. The van der Waals surface area contributed by atoms with Gasteiger partial charge in [-0.1, -0.05) is 0 Å². The van der Waals surface area contributed by atoms with Crippen LogP contribution in [0.1, 0.15) is 42.9 Å². The molecule has 0 radical (unpaired) electrons. The topological polar surface area (TPSA) is 111 Å². The molecular formula is C15H19N3O5S. The second kappa shape index (κ2) is 6.70. The molecule has 2 rings (SSSR count). The van der Waals surface area contributed by atoms with Gasteiger partial charge >= 0.3 is 5.97 Å². The summed E-state index contributed by atoms with van der Waals surface area (Å²) in [6.45, 7) is 6.72. The zero-order valence-corrected chi connectivity index (χ0v) is 14.7. The van der Waals surface area contributed by atoms with Crippen molar-refractivity contribution in [2.75, 3.05) is 0 Å². The average molecular weight is 353 g/mol. The lowest BCUT2D eigenvalue weighted by atomic mass is 10.1. The van der Waals surface area contributed by atoms with Gasteiger partial charge in [-0.2, -0.15) is 0 Å². The largest absolute Gasteiger partial charge is 0.452 e. The monoisotopic (exact) mass is 353 g/mol. The number of ether oxygens (including phenoxy) is 1. The molecule has 9 heteroatoms. The summed E-state index contributed by atoms with van der Waals surface area (Å²) in [7, 11) is -3.65. The standard InChI is InChI=1S/C15H19N3O5S/c1-10-16-17-13(23-10)9-22-14(19)11-5-7-12(8-6-11)24(20,21)18-15(2,3)4/h5-8,18H,9H2,1-4H3. The van der Waals surface area contributed by atoms with E-state index in [2.05, 4.69) is 14.9 Å². The van der Waals surface area contributed by atoms with Gasteiger partial charge in [0, 0.05) is 12.5 Å². The first-order valence-electron chi connectivity index (χ1n) is 7.17. The number of aryl methyl sites for hydroxylation is 1. The van der Waals surface area contributed by atoms with Gasteiger partial charge in [-0.3, -0.25) is 0 Å². The smallest absolute Gasteiger partial charge is 0.338 e. The molecule has 0 bridgehead atoms. The highest BCUT2D eigenvalue weighted by atomic mass is 32.2. The van der Waals surface area contributed by atoms with Crippen LogP contribution in [0.15, 0.2) is 33.6 Å². The van der Waals surface area contributed by atoms with E-state index in [1.165, 1.54) is 24.3 Å². The van der Waals surface area contributed by atoms with Gasteiger partial charge in [0.25, 0.3) is 5.89 Å². The maximum atomic E-state index is 12.2. The van der Waals surface area contributed by atoms with Crippen LogP contribution in [0.25, 0.3) is 0 Å². The molecule has 1 aromatic carbocycles. The van der Waals surface area contributed by atoms with Crippen molar-refractivity contribution < 1.29 is 22.4 Å². The number of hydrogen-bond donors (Lipinski definition) is 1. The van der Waals surface area contributed by atoms with E-state index in [1.807, 2.05) is 0 Å². The molecule has 0 aliphatic carbocycles. The number of hydrogen-bond acceptors (Lipinski definition) is 7. The second-order valence-electron chi connectivity index (χ2n) is 6.17. The molecule has 0 aliphatic rings. The Hall–Kier alpha value is -2.26. The first-order chi connectivity index (χ1) is 11.1. The first kappa shape index (κ1) is 18.1. The van der Waals surface area contributed by atoms with E-state index >= 15 is 0 Å². The third-order valence-corrected chi connectivity index (χ3v) is 4.51. The van der Waals surface area contributed by atoms with Crippen molar-refractivity contribution in [3.8, 4) is 0 Å². The number of nitrogens with zero attached hydrogens (tertiary/aromatic N) is 2. The van der Waals surface area contributed by atoms with Crippen LogP contribution < -0.4 is 4.72 Å². The number of sulfonamides is 1. The van der Waals surface area contributed by atoms with Crippen molar-refractivity contribution in [1.82, 2.24) is 14.9 Å². The van der Waals surface area contributed by atoms with Gasteiger partial charge in [-0.05, 0) is 45.0 Å². The Morgan fingerprint density at radius 2 is 1.83 bits per heavy atom. The van der Waals surface area contributed by atoms with Crippen molar-refractivity contribution in [3.63, 3.8) is 0 Å². The zero-order valence-electron chi connectivity index (χ0n) is 13.9. The molecule has 0 saturated heterocycles. The fourth-order valence-electron chi connectivity index (χ4n) is 1.84. The van der Waals surface area contributed by atoms with Gasteiger partial charge in [0.2, 0.25) is 15.9 Å². The molecule has 2 aromatic rings. The summed E-state index contributed by atoms with van der Waals surface area (Å²) in [6, 6.07) is 5.47. The van der Waals surface area contributed by atoms with Gasteiger partial charge in [0.1, 0.15) is 0 Å². The summed E-state index contributed by atoms with van der Waals surface area (Å²) in [6.07, 6.45) is 0. The molecule has 0 amide bonds. The number of esters is 1. The van der Waals surface area contributed by atoms with Crippen LogP contribution in [0.4, 0.5) is 0 Å². The van der Waals surface area contributed by atoms with Crippen molar-refractivity contribution in [2.24, 2.45) is 0 Å². The lowest BCUT2D eigenvalue weighted by Gasteiger charge is -2.20. The summed E-state index contributed by atoms with van der Waals surface area (Å²) in [5.41, 5.74) is -0.375. The van der Waals surface area contributed by atoms with Crippen LogP contribution in [0.5, 0.6) is 0 Å². The van der Waals surface area contributed by atoms with E-state index in [-0.39, 0.29) is 23.0 Å². The molecule has 0 spiro atoms. The highest BCUT2D eigenvalue weighted by molar-refractivity contribution is 7.89. The molecule has 24 heavy (non-hydrogen) atoms. The number of rotatable bonds is 5. The van der Waals surface area contributed by atoms with Gasteiger partial charge in [-0.25, -0.2) is 17.9 Å². The molecule has 0 unspecified atom stereocenters. The van der Waals surface area contributed by atoms with E-state index in [0.29, 0.717) is 5.89 Å². The van der Waals surface area contributed by atoms with Crippen molar-refractivity contribution in [1.29, 1.82) is 0 Å². The minimum Gasteiger partial charge on any atom is -0.452 e. The lowest BCUT2D eigenvalue weighted by molar-refractivity contribution is 0.0436. The van der Waals surface area contributed by atoms with Gasteiger partial charge in [0.05, 0.1) is 10.5 Å². The maximum absolute atomic E-state index is 12.2. The Morgan fingerprint density at radius 3 is 2.33 bits per heavy atom. The Kier molecular flexibility index (Phi) is 5.05. The van der Waals surface area contributed by atoms with E-state index in [9.17, 15) is 13.2 Å². The zero-order chi connectivity index (χ0) is 18.0. The van der Waals surface area contributed by atoms with Crippen molar-refractivity contribution in [2.45, 2.75) is 44.7 Å². The molecule has 1 heterocycles. The molecular weight excluding hydrogens is 334 g/mol. The summed E-state index contributed by atoms with van der Waals surface area (Å²) in [5.74, 6) is -0.0463. The minimum atomic E-state index is -3.65. The molecule has 0 aliphatic heterocycles. The van der Waals surface area contributed by atoms with Crippen LogP contribution >= 0.6 is 0 Å². The van der Waals surface area contributed by atoms with Crippen LogP contribution in [0.3, 0.4) is 0 Å². The fraction of sp³-hybridized carbons (Fsp3) is 0.400. The normalized spacial score (nSPS) is 12.2. The Labute approximate surface area is 140 Å². The number of carbonyl (C=O) groups is 1. The first-order valence-corrected chi connectivity index (χ1v) is 8.65. The summed E-state index contributed by atoms with van der Waals surface area (Å²) in [4.78, 5) is 12.0. The predicted molar refractivity (Wildman–Crippen MR) is 84.7 cm³/mol. The third-order valence-electron chi connectivity index (χ3n) is 2.74. The summed E-state index contributed by atoms with van der Waals surface area (Å²) >= 11 is 0. The van der Waals surface area contributed by atoms with Gasteiger partial charge in [0.15, 0.2) is 6.61 Å². The molecule has 0 fully saturated rings.